The minimum absolute atomic E-state index is 0.150. The molecule has 1 aromatic heterocycles. The van der Waals surface area contributed by atoms with E-state index in [0.29, 0.717) is 22.4 Å². The number of ether oxygens (including phenoxy) is 1. The summed E-state index contributed by atoms with van der Waals surface area (Å²) in [4.78, 5) is 24.8. The van der Waals surface area contributed by atoms with E-state index in [1.807, 2.05) is 11.4 Å². The number of esters is 1. The number of hydrogen-bond acceptors (Lipinski definition) is 6. The number of nitrogens with one attached hydrogen (secondary N) is 3. The van der Waals surface area contributed by atoms with Gasteiger partial charge in [0.15, 0.2) is 0 Å². The van der Waals surface area contributed by atoms with E-state index in [1.165, 1.54) is 11.3 Å². The van der Waals surface area contributed by atoms with Gasteiger partial charge in [-0.15, -0.1) is 11.3 Å². The molecule has 1 fully saturated rings. The normalized spacial score (nSPS) is 19.6. The van der Waals surface area contributed by atoms with Crippen LogP contribution < -0.4 is 20.9 Å². The number of carbonyl (C=O) groups excluding carboxylic acids is 2. The maximum Gasteiger partial charge on any atom is 0.329 e. The number of amides is 1. The van der Waals surface area contributed by atoms with Crippen molar-refractivity contribution in [3.8, 4) is 5.75 Å². The number of hydrazine groups is 1. The lowest BCUT2D eigenvalue weighted by Crippen LogP contribution is -2.39. The molecule has 3 rings (SSSR count). The predicted octanol–water partition coefficient (Wildman–Crippen LogP) is 2.94. The van der Waals surface area contributed by atoms with Crippen LogP contribution in [0.3, 0.4) is 0 Å². The fraction of sp³-hybridized carbons (Fsp3) is 0.333. The molecule has 1 amide bonds. The third-order valence-electron chi connectivity index (χ3n) is 3.98. The first-order chi connectivity index (χ1) is 12.2. The summed E-state index contributed by atoms with van der Waals surface area (Å²) in [7, 11) is 0. The lowest BCUT2D eigenvalue weighted by molar-refractivity contribution is -0.136. The Morgan fingerprint density at radius 2 is 2.04 bits per heavy atom. The van der Waals surface area contributed by atoms with Crippen LogP contribution in [-0.4, -0.2) is 24.0 Å². The third kappa shape index (κ3) is 4.66. The van der Waals surface area contributed by atoms with Gasteiger partial charge in [0.25, 0.3) is 5.91 Å². The molecule has 2 unspecified atom stereocenters. The standard InChI is InChI=1S/C18H21N3O3S/c1-2-4-13-11-15(21-20-13)18(23)24-14-8-6-12(7-9-14)19-17(22)16-5-3-10-25-16/h3,5-10,13,15,20-21H,2,4,11H2,1H3,(H,19,22). The van der Waals surface area contributed by atoms with Crippen molar-refractivity contribution in [2.24, 2.45) is 0 Å². The van der Waals surface area contributed by atoms with Crippen LogP contribution in [0.5, 0.6) is 5.75 Å². The molecule has 0 aliphatic carbocycles. The minimum atomic E-state index is -0.338. The van der Waals surface area contributed by atoms with Crippen molar-refractivity contribution in [1.82, 2.24) is 10.9 Å². The summed E-state index contributed by atoms with van der Waals surface area (Å²) in [5, 5.41) is 4.66. The van der Waals surface area contributed by atoms with Crippen LogP contribution >= 0.6 is 11.3 Å². The number of anilines is 1. The van der Waals surface area contributed by atoms with E-state index in [0.717, 1.165) is 19.3 Å². The van der Waals surface area contributed by atoms with Gasteiger partial charge in [0.2, 0.25) is 0 Å². The molecule has 1 aromatic carbocycles. The average molecular weight is 359 g/mol. The Morgan fingerprint density at radius 1 is 1.24 bits per heavy atom. The second-order valence-corrected chi connectivity index (χ2v) is 6.89. The van der Waals surface area contributed by atoms with E-state index in [9.17, 15) is 9.59 Å². The van der Waals surface area contributed by atoms with Crippen LogP contribution in [0.2, 0.25) is 0 Å². The summed E-state index contributed by atoms with van der Waals surface area (Å²) >= 11 is 1.39. The zero-order chi connectivity index (χ0) is 17.6. The smallest absolute Gasteiger partial charge is 0.329 e. The summed E-state index contributed by atoms with van der Waals surface area (Å²) in [6.45, 7) is 2.12. The van der Waals surface area contributed by atoms with Gasteiger partial charge in [-0.2, -0.15) is 0 Å². The van der Waals surface area contributed by atoms with E-state index in [1.54, 1.807) is 30.3 Å². The van der Waals surface area contributed by atoms with Crippen molar-refractivity contribution in [3.63, 3.8) is 0 Å². The van der Waals surface area contributed by atoms with Crippen LogP contribution in [0.4, 0.5) is 5.69 Å². The molecule has 6 nitrogen and oxygen atoms in total. The topological polar surface area (TPSA) is 79.5 Å². The molecule has 2 atom stereocenters. The van der Waals surface area contributed by atoms with E-state index < -0.39 is 0 Å². The van der Waals surface area contributed by atoms with E-state index in [4.69, 9.17) is 4.74 Å². The Kier molecular flexibility index (Phi) is 5.80. The second kappa shape index (κ2) is 8.24. The fourth-order valence-electron chi connectivity index (χ4n) is 2.71. The maximum atomic E-state index is 12.2. The molecule has 3 N–H and O–H groups in total. The first-order valence-corrected chi connectivity index (χ1v) is 9.21. The van der Waals surface area contributed by atoms with Crippen molar-refractivity contribution in [1.29, 1.82) is 0 Å². The summed E-state index contributed by atoms with van der Waals surface area (Å²) < 4.78 is 5.40. The van der Waals surface area contributed by atoms with Crippen molar-refractivity contribution in [3.05, 3.63) is 46.7 Å². The molecular formula is C18H21N3O3S. The molecule has 25 heavy (non-hydrogen) atoms. The highest BCUT2D eigenvalue weighted by Gasteiger charge is 2.30. The lowest BCUT2D eigenvalue weighted by atomic mass is 10.1. The number of carbonyl (C=O) groups is 2. The van der Waals surface area contributed by atoms with E-state index in [-0.39, 0.29) is 17.9 Å². The monoisotopic (exact) mass is 359 g/mol. The molecule has 2 aromatic rings. The highest BCUT2D eigenvalue weighted by Crippen LogP contribution is 2.19. The molecule has 7 heteroatoms. The van der Waals surface area contributed by atoms with Gasteiger partial charge >= 0.3 is 5.97 Å². The summed E-state index contributed by atoms with van der Waals surface area (Å²) in [6.07, 6.45) is 2.82. The molecule has 0 radical (unpaired) electrons. The first-order valence-electron chi connectivity index (χ1n) is 8.33. The predicted molar refractivity (Wildman–Crippen MR) is 97.7 cm³/mol. The van der Waals surface area contributed by atoms with Gasteiger partial charge in [-0.1, -0.05) is 19.4 Å². The van der Waals surface area contributed by atoms with Gasteiger partial charge in [-0.05, 0) is 48.6 Å². The molecule has 0 saturated carbocycles. The van der Waals surface area contributed by atoms with E-state index in [2.05, 4.69) is 23.1 Å². The van der Waals surface area contributed by atoms with Crippen molar-refractivity contribution < 1.29 is 14.3 Å². The molecule has 2 heterocycles. The number of rotatable bonds is 6. The molecule has 0 bridgehead atoms. The molecular weight excluding hydrogens is 338 g/mol. The first kappa shape index (κ1) is 17.6. The Morgan fingerprint density at radius 3 is 2.72 bits per heavy atom. The maximum absolute atomic E-state index is 12.2. The molecule has 0 spiro atoms. The minimum Gasteiger partial charge on any atom is -0.425 e. The van der Waals surface area contributed by atoms with Crippen LogP contribution in [0, 0.1) is 0 Å². The average Bonchev–Trinajstić information content (AvgIpc) is 3.28. The lowest BCUT2D eigenvalue weighted by Gasteiger charge is -2.10. The Hall–Kier alpha value is -2.22. The van der Waals surface area contributed by atoms with E-state index >= 15 is 0 Å². The second-order valence-electron chi connectivity index (χ2n) is 5.94. The number of benzene rings is 1. The molecule has 1 aliphatic rings. The molecule has 1 saturated heterocycles. The van der Waals surface area contributed by atoms with Crippen LogP contribution in [0.15, 0.2) is 41.8 Å². The van der Waals surface area contributed by atoms with Crippen molar-refractivity contribution >= 4 is 28.9 Å². The summed E-state index contributed by atoms with van der Waals surface area (Å²) in [6, 6.07) is 10.3. The zero-order valence-corrected chi connectivity index (χ0v) is 14.8. The van der Waals surface area contributed by atoms with Crippen molar-refractivity contribution in [2.45, 2.75) is 38.3 Å². The number of thiophene rings is 1. The van der Waals surface area contributed by atoms with Gasteiger partial charge in [0, 0.05) is 11.7 Å². The van der Waals surface area contributed by atoms with Crippen LogP contribution in [-0.2, 0) is 4.79 Å². The zero-order valence-electron chi connectivity index (χ0n) is 14.0. The SMILES string of the molecule is CCCC1CC(C(=O)Oc2ccc(NC(=O)c3cccs3)cc2)NN1. The van der Waals surface area contributed by atoms with Crippen LogP contribution in [0.1, 0.15) is 35.9 Å². The van der Waals surface area contributed by atoms with Crippen LogP contribution in [0.25, 0.3) is 0 Å². The Balaban J connectivity index is 1.52. The Labute approximate surface area is 150 Å². The highest BCUT2D eigenvalue weighted by atomic mass is 32.1. The largest absolute Gasteiger partial charge is 0.425 e. The van der Waals surface area contributed by atoms with Crippen molar-refractivity contribution in [2.75, 3.05) is 5.32 Å². The summed E-state index contributed by atoms with van der Waals surface area (Å²) in [5.41, 5.74) is 6.76. The molecule has 132 valence electrons. The van der Waals surface area contributed by atoms with Gasteiger partial charge < -0.3 is 10.1 Å². The van der Waals surface area contributed by atoms with Gasteiger partial charge in [0.05, 0.1) is 4.88 Å². The molecule has 1 aliphatic heterocycles. The van der Waals surface area contributed by atoms with Gasteiger partial charge in [-0.25, -0.2) is 10.2 Å². The third-order valence-corrected chi connectivity index (χ3v) is 4.85. The fourth-order valence-corrected chi connectivity index (χ4v) is 3.33. The van der Waals surface area contributed by atoms with Gasteiger partial charge in [0.1, 0.15) is 11.8 Å². The highest BCUT2D eigenvalue weighted by molar-refractivity contribution is 7.12. The number of hydrogen-bond donors (Lipinski definition) is 3. The summed E-state index contributed by atoms with van der Waals surface area (Å²) in [5.74, 6) is 0.00396. The quantitative estimate of drug-likeness (QED) is 0.546. The Bertz CT molecular complexity index is 716. The van der Waals surface area contributed by atoms with Gasteiger partial charge in [-0.3, -0.25) is 10.2 Å².